The first-order valence-electron chi connectivity index (χ1n) is 4.13. The average Bonchev–Trinajstić information content (AvgIpc) is 2.32. The first-order valence-corrected chi connectivity index (χ1v) is 4.51. The minimum absolute atomic E-state index is 0. The molecule has 1 aromatic carbocycles. The van der Waals surface area contributed by atoms with E-state index in [1.165, 1.54) is 5.56 Å². The Morgan fingerprint density at radius 1 is 1.29 bits per heavy atom. The summed E-state index contributed by atoms with van der Waals surface area (Å²) >= 11 is 5.93. The second-order valence-corrected chi connectivity index (χ2v) is 3.70. The van der Waals surface area contributed by atoms with E-state index >= 15 is 0 Å². The van der Waals surface area contributed by atoms with Crippen molar-refractivity contribution in [2.75, 3.05) is 5.73 Å². The highest BCUT2D eigenvalue weighted by Gasteiger charge is 2.06. The smallest absolute Gasteiger partial charge is 0.0643 e. The number of rotatable bonds is 0. The maximum absolute atomic E-state index is 5.93. The quantitative estimate of drug-likeness (QED) is 0.670. The Morgan fingerprint density at radius 2 is 1.93 bits per heavy atom. The molecule has 2 aromatic rings. The molecule has 14 heavy (non-hydrogen) atoms. The highest BCUT2D eigenvalue weighted by molar-refractivity contribution is 6.34. The number of aryl methyl sites for hydroxylation is 2. The molecule has 2 nitrogen and oxygen atoms in total. The van der Waals surface area contributed by atoms with E-state index in [0.29, 0.717) is 10.7 Å². The number of nitrogens with two attached hydrogens (primary N) is 1. The van der Waals surface area contributed by atoms with Gasteiger partial charge in [0.1, 0.15) is 0 Å². The molecule has 0 fully saturated rings. The number of hydrogen-bond donors (Lipinski definition) is 2. The molecule has 0 radical (unpaired) electrons. The molecule has 0 aliphatic carbocycles. The van der Waals surface area contributed by atoms with Gasteiger partial charge in [0.25, 0.3) is 0 Å². The molecular formula is C10H12Cl2N2. The summed E-state index contributed by atoms with van der Waals surface area (Å²) in [6.07, 6.45) is 0. The van der Waals surface area contributed by atoms with Crippen molar-refractivity contribution in [3.8, 4) is 0 Å². The SMILES string of the molecule is Cc1[nH]c2cc(N)c(Cl)cc2c1C.Cl. The molecule has 2 rings (SSSR count). The average molecular weight is 231 g/mol. The Bertz CT molecular complexity index is 474. The van der Waals surface area contributed by atoms with E-state index in [1.54, 1.807) is 0 Å². The highest BCUT2D eigenvalue weighted by Crippen LogP contribution is 2.28. The molecule has 0 amide bonds. The summed E-state index contributed by atoms with van der Waals surface area (Å²) in [5.41, 5.74) is 9.76. The summed E-state index contributed by atoms with van der Waals surface area (Å²) in [5.74, 6) is 0. The molecule has 1 heterocycles. The lowest BCUT2D eigenvalue weighted by Gasteiger charge is -1.97. The number of aromatic nitrogens is 1. The van der Waals surface area contributed by atoms with Crippen LogP contribution in [0.1, 0.15) is 11.3 Å². The van der Waals surface area contributed by atoms with Crippen molar-refractivity contribution >= 4 is 40.6 Å². The van der Waals surface area contributed by atoms with Gasteiger partial charge in [-0.3, -0.25) is 0 Å². The molecule has 1 aromatic heterocycles. The van der Waals surface area contributed by atoms with Gasteiger partial charge in [-0.15, -0.1) is 12.4 Å². The van der Waals surface area contributed by atoms with Crippen molar-refractivity contribution in [1.29, 1.82) is 0 Å². The van der Waals surface area contributed by atoms with Crippen LogP contribution in [0.2, 0.25) is 5.02 Å². The largest absolute Gasteiger partial charge is 0.397 e. The van der Waals surface area contributed by atoms with Gasteiger partial charge in [-0.25, -0.2) is 0 Å². The van der Waals surface area contributed by atoms with Gasteiger partial charge in [0, 0.05) is 16.6 Å². The van der Waals surface area contributed by atoms with E-state index < -0.39 is 0 Å². The van der Waals surface area contributed by atoms with Crippen LogP contribution < -0.4 is 5.73 Å². The van der Waals surface area contributed by atoms with Gasteiger partial charge in [0.05, 0.1) is 10.7 Å². The zero-order valence-corrected chi connectivity index (χ0v) is 9.59. The highest BCUT2D eigenvalue weighted by atomic mass is 35.5. The van der Waals surface area contributed by atoms with E-state index in [-0.39, 0.29) is 12.4 Å². The minimum atomic E-state index is 0. The van der Waals surface area contributed by atoms with Crippen LogP contribution in [0.3, 0.4) is 0 Å². The summed E-state index contributed by atoms with van der Waals surface area (Å²) in [4.78, 5) is 3.26. The minimum Gasteiger partial charge on any atom is -0.397 e. The summed E-state index contributed by atoms with van der Waals surface area (Å²) in [6.45, 7) is 4.11. The predicted octanol–water partition coefficient (Wildman–Crippen LogP) is 3.44. The summed E-state index contributed by atoms with van der Waals surface area (Å²) in [5, 5.41) is 1.77. The maximum Gasteiger partial charge on any atom is 0.0643 e. The van der Waals surface area contributed by atoms with Crippen LogP contribution in [-0.4, -0.2) is 4.98 Å². The van der Waals surface area contributed by atoms with Gasteiger partial charge >= 0.3 is 0 Å². The Hall–Kier alpha value is -0.860. The molecule has 3 N–H and O–H groups in total. The van der Waals surface area contributed by atoms with E-state index in [4.69, 9.17) is 17.3 Å². The molecule has 0 saturated carbocycles. The summed E-state index contributed by atoms with van der Waals surface area (Å²) in [6, 6.07) is 3.78. The lowest BCUT2D eigenvalue weighted by atomic mass is 10.1. The van der Waals surface area contributed by atoms with Gasteiger partial charge in [0.15, 0.2) is 0 Å². The van der Waals surface area contributed by atoms with Crippen LogP contribution in [0.4, 0.5) is 5.69 Å². The van der Waals surface area contributed by atoms with Crippen LogP contribution in [0.25, 0.3) is 10.9 Å². The molecule has 4 heteroatoms. The number of anilines is 1. The fourth-order valence-electron chi connectivity index (χ4n) is 1.50. The number of halogens is 2. The number of fused-ring (bicyclic) bond motifs is 1. The number of nitrogen functional groups attached to an aromatic ring is 1. The number of nitrogens with one attached hydrogen (secondary N) is 1. The first-order chi connectivity index (χ1) is 6.09. The monoisotopic (exact) mass is 230 g/mol. The van der Waals surface area contributed by atoms with Gasteiger partial charge < -0.3 is 10.7 Å². The zero-order chi connectivity index (χ0) is 9.59. The number of H-pyrrole nitrogens is 1. The third-order valence-electron chi connectivity index (χ3n) is 2.43. The predicted molar refractivity (Wildman–Crippen MR) is 64.4 cm³/mol. The topological polar surface area (TPSA) is 41.8 Å². The fourth-order valence-corrected chi connectivity index (χ4v) is 1.67. The van der Waals surface area contributed by atoms with E-state index in [9.17, 15) is 0 Å². The van der Waals surface area contributed by atoms with Crippen LogP contribution in [0.15, 0.2) is 12.1 Å². The lowest BCUT2D eigenvalue weighted by molar-refractivity contribution is 1.25. The van der Waals surface area contributed by atoms with Crippen LogP contribution in [0.5, 0.6) is 0 Å². The van der Waals surface area contributed by atoms with Crippen molar-refractivity contribution in [2.24, 2.45) is 0 Å². The summed E-state index contributed by atoms with van der Waals surface area (Å²) < 4.78 is 0. The van der Waals surface area contributed by atoms with Crippen molar-refractivity contribution in [1.82, 2.24) is 4.98 Å². The Kier molecular flexibility index (Phi) is 2.98. The van der Waals surface area contributed by atoms with E-state index in [0.717, 1.165) is 16.6 Å². The van der Waals surface area contributed by atoms with Gasteiger partial charge in [-0.1, -0.05) is 11.6 Å². The van der Waals surface area contributed by atoms with Gasteiger partial charge in [-0.05, 0) is 31.5 Å². The van der Waals surface area contributed by atoms with Crippen molar-refractivity contribution in [3.63, 3.8) is 0 Å². The van der Waals surface area contributed by atoms with Crippen LogP contribution in [-0.2, 0) is 0 Å². The lowest BCUT2D eigenvalue weighted by Crippen LogP contribution is -1.85. The van der Waals surface area contributed by atoms with Crippen molar-refractivity contribution in [3.05, 3.63) is 28.4 Å². The number of benzene rings is 1. The van der Waals surface area contributed by atoms with Crippen molar-refractivity contribution in [2.45, 2.75) is 13.8 Å². The first kappa shape index (κ1) is 11.2. The number of aromatic amines is 1. The second-order valence-electron chi connectivity index (χ2n) is 3.29. The molecule has 0 aliphatic rings. The third kappa shape index (κ3) is 1.56. The van der Waals surface area contributed by atoms with Crippen LogP contribution >= 0.6 is 24.0 Å². The van der Waals surface area contributed by atoms with E-state index in [1.807, 2.05) is 19.1 Å². The third-order valence-corrected chi connectivity index (χ3v) is 2.75. The normalized spacial score (nSPS) is 10.2. The second kappa shape index (κ2) is 3.71. The van der Waals surface area contributed by atoms with Gasteiger partial charge in [-0.2, -0.15) is 0 Å². The van der Waals surface area contributed by atoms with Gasteiger partial charge in [0.2, 0.25) is 0 Å². The Labute approximate surface area is 93.8 Å². The molecule has 0 bridgehead atoms. The zero-order valence-electron chi connectivity index (χ0n) is 8.02. The Balaban J connectivity index is 0.000000980. The number of hydrogen-bond acceptors (Lipinski definition) is 1. The summed E-state index contributed by atoms with van der Waals surface area (Å²) in [7, 11) is 0. The van der Waals surface area contributed by atoms with Crippen molar-refractivity contribution < 1.29 is 0 Å². The molecule has 0 atom stereocenters. The molecular weight excluding hydrogens is 219 g/mol. The molecule has 76 valence electrons. The van der Waals surface area contributed by atoms with E-state index in [2.05, 4.69) is 11.9 Å². The molecule has 0 saturated heterocycles. The molecule has 0 unspecified atom stereocenters. The standard InChI is InChI=1S/C10H11ClN2.ClH/c1-5-6(2)13-10-4-9(12)8(11)3-7(5)10;/h3-4,13H,12H2,1-2H3;1H. The van der Waals surface area contributed by atoms with Crippen LogP contribution in [0, 0.1) is 13.8 Å². The maximum atomic E-state index is 5.93. The fraction of sp³-hybridized carbons (Fsp3) is 0.200. The molecule has 0 aliphatic heterocycles. The molecule has 0 spiro atoms. The Morgan fingerprint density at radius 3 is 2.57 bits per heavy atom.